The maximum absolute atomic E-state index is 9.70. The van der Waals surface area contributed by atoms with Gasteiger partial charge in [0.2, 0.25) is 0 Å². The third kappa shape index (κ3) is 2.15. The molecule has 1 rings (SSSR count). The number of hydrogen-bond donors (Lipinski definition) is 3. The van der Waals surface area contributed by atoms with Crippen LogP contribution < -0.4 is 5.32 Å². The third-order valence-electron chi connectivity index (χ3n) is 2.14. The van der Waals surface area contributed by atoms with E-state index in [0.29, 0.717) is 19.5 Å². The molecule has 0 amide bonds. The maximum Gasteiger partial charge on any atom is 0.0901 e. The van der Waals surface area contributed by atoms with Crippen molar-refractivity contribution in [1.29, 1.82) is 0 Å². The molecule has 0 unspecified atom stereocenters. The van der Waals surface area contributed by atoms with Crippen molar-refractivity contribution in [3.05, 3.63) is 0 Å². The molecule has 3 N–H and O–H groups in total. The summed E-state index contributed by atoms with van der Waals surface area (Å²) < 4.78 is 0. The van der Waals surface area contributed by atoms with E-state index in [9.17, 15) is 5.11 Å². The highest BCUT2D eigenvalue weighted by atomic mass is 16.3. The van der Waals surface area contributed by atoms with Crippen LogP contribution in [0.2, 0.25) is 0 Å². The molecule has 1 aliphatic heterocycles. The molecule has 11 heavy (non-hydrogen) atoms. The smallest absolute Gasteiger partial charge is 0.0901 e. The molecule has 1 heterocycles. The van der Waals surface area contributed by atoms with Crippen LogP contribution in [0.3, 0.4) is 0 Å². The van der Waals surface area contributed by atoms with Gasteiger partial charge >= 0.3 is 0 Å². The Morgan fingerprint density at radius 1 is 1.45 bits per heavy atom. The van der Waals surface area contributed by atoms with Crippen LogP contribution in [-0.2, 0) is 0 Å². The maximum atomic E-state index is 9.70. The van der Waals surface area contributed by atoms with E-state index in [0.717, 1.165) is 0 Å². The Morgan fingerprint density at radius 2 is 2.00 bits per heavy atom. The second-order valence-corrected chi connectivity index (χ2v) is 4.33. The van der Waals surface area contributed by atoms with Crippen LogP contribution in [0, 0.1) is 5.41 Å². The molecule has 0 aromatic carbocycles. The van der Waals surface area contributed by atoms with Gasteiger partial charge in [-0.3, -0.25) is 0 Å². The first-order valence-corrected chi connectivity index (χ1v) is 4.01. The number of aliphatic hydroxyl groups is 2. The van der Waals surface area contributed by atoms with Crippen molar-refractivity contribution < 1.29 is 10.2 Å². The number of rotatable bonds is 3. The van der Waals surface area contributed by atoms with E-state index in [-0.39, 0.29) is 12.0 Å². The highest BCUT2D eigenvalue weighted by Gasteiger charge is 2.39. The molecule has 3 heteroatoms. The van der Waals surface area contributed by atoms with Crippen molar-refractivity contribution in [2.24, 2.45) is 5.41 Å². The van der Waals surface area contributed by atoms with Crippen molar-refractivity contribution in [2.75, 3.05) is 19.7 Å². The Hall–Kier alpha value is -0.120. The van der Waals surface area contributed by atoms with Gasteiger partial charge in [-0.2, -0.15) is 0 Å². The van der Waals surface area contributed by atoms with Crippen LogP contribution in [0.5, 0.6) is 0 Å². The van der Waals surface area contributed by atoms with Crippen molar-refractivity contribution in [3.8, 4) is 0 Å². The highest BCUT2D eigenvalue weighted by Crippen LogP contribution is 2.29. The molecule has 0 spiro atoms. The van der Waals surface area contributed by atoms with E-state index < -0.39 is 5.60 Å². The summed E-state index contributed by atoms with van der Waals surface area (Å²) in [6.45, 7) is 5.38. The molecule has 3 nitrogen and oxygen atoms in total. The lowest BCUT2D eigenvalue weighted by Crippen LogP contribution is -2.61. The summed E-state index contributed by atoms with van der Waals surface area (Å²) in [7, 11) is 0. The van der Waals surface area contributed by atoms with Crippen LogP contribution in [0.15, 0.2) is 0 Å². The third-order valence-corrected chi connectivity index (χ3v) is 2.14. The summed E-state index contributed by atoms with van der Waals surface area (Å²) in [5.74, 6) is 0. The zero-order valence-corrected chi connectivity index (χ0v) is 7.22. The van der Waals surface area contributed by atoms with E-state index in [1.807, 2.05) is 13.8 Å². The molecule has 1 saturated heterocycles. The first-order valence-electron chi connectivity index (χ1n) is 4.01. The molecule has 0 bridgehead atoms. The fraction of sp³-hybridized carbons (Fsp3) is 1.00. The fourth-order valence-corrected chi connectivity index (χ4v) is 1.49. The lowest BCUT2D eigenvalue weighted by Gasteiger charge is -2.42. The number of hydrogen-bond acceptors (Lipinski definition) is 3. The number of nitrogens with one attached hydrogen (secondary N) is 1. The van der Waals surface area contributed by atoms with Crippen LogP contribution in [0.4, 0.5) is 0 Å². The summed E-state index contributed by atoms with van der Waals surface area (Å²) in [6.07, 6.45) is 0.670. The van der Waals surface area contributed by atoms with Crippen molar-refractivity contribution in [1.82, 2.24) is 5.32 Å². The van der Waals surface area contributed by atoms with Gasteiger partial charge in [-0.25, -0.2) is 0 Å². The Morgan fingerprint density at radius 3 is 2.27 bits per heavy atom. The summed E-state index contributed by atoms with van der Waals surface area (Å²) in [4.78, 5) is 0. The standard InChI is InChI=1S/C8H17NO2/c1-7(2,6-10)3-8(11)4-9-5-8/h9-11H,3-6H2,1-2H3. The molecule has 1 fully saturated rings. The largest absolute Gasteiger partial charge is 0.396 e. The molecule has 66 valence electrons. The molecule has 0 radical (unpaired) electrons. The average molecular weight is 159 g/mol. The van der Waals surface area contributed by atoms with Gasteiger partial charge in [-0.1, -0.05) is 13.8 Å². The van der Waals surface area contributed by atoms with Gasteiger partial charge in [0.1, 0.15) is 0 Å². The van der Waals surface area contributed by atoms with Gasteiger partial charge in [0.05, 0.1) is 5.60 Å². The van der Waals surface area contributed by atoms with Gasteiger partial charge in [0, 0.05) is 19.7 Å². The minimum atomic E-state index is -0.563. The molecular formula is C8H17NO2. The van der Waals surface area contributed by atoms with Gasteiger partial charge in [0.25, 0.3) is 0 Å². The van der Waals surface area contributed by atoms with E-state index in [4.69, 9.17) is 5.11 Å². The average Bonchev–Trinajstić information content (AvgIpc) is 1.84. The van der Waals surface area contributed by atoms with Crippen LogP contribution >= 0.6 is 0 Å². The van der Waals surface area contributed by atoms with Crippen molar-refractivity contribution in [2.45, 2.75) is 25.9 Å². The Balaban J connectivity index is 2.40. The Kier molecular flexibility index (Phi) is 2.23. The van der Waals surface area contributed by atoms with Crippen molar-refractivity contribution in [3.63, 3.8) is 0 Å². The molecule has 0 aromatic heterocycles. The molecular weight excluding hydrogens is 142 g/mol. The van der Waals surface area contributed by atoms with Crippen LogP contribution in [0.25, 0.3) is 0 Å². The van der Waals surface area contributed by atoms with E-state index in [1.54, 1.807) is 0 Å². The summed E-state index contributed by atoms with van der Waals surface area (Å²) in [5, 5.41) is 21.7. The van der Waals surface area contributed by atoms with Crippen LogP contribution in [-0.4, -0.2) is 35.5 Å². The number of aliphatic hydroxyl groups excluding tert-OH is 1. The molecule has 0 saturated carbocycles. The summed E-state index contributed by atoms with van der Waals surface area (Å²) in [6, 6.07) is 0. The normalized spacial score (nSPS) is 22.9. The lowest BCUT2D eigenvalue weighted by atomic mass is 9.78. The predicted octanol–water partition coefficient (Wildman–Crippen LogP) is -0.271. The zero-order chi connectivity index (χ0) is 8.54. The fourth-order valence-electron chi connectivity index (χ4n) is 1.49. The van der Waals surface area contributed by atoms with Crippen LogP contribution in [0.1, 0.15) is 20.3 Å². The van der Waals surface area contributed by atoms with Gasteiger partial charge in [0.15, 0.2) is 0 Å². The lowest BCUT2D eigenvalue weighted by molar-refractivity contribution is -0.0544. The minimum Gasteiger partial charge on any atom is -0.396 e. The predicted molar refractivity (Wildman–Crippen MR) is 43.3 cm³/mol. The second-order valence-electron chi connectivity index (χ2n) is 4.33. The van der Waals surface area contributed by atoms with E-state index in [2.05, 4.69) is 5.32 Å². The second kappa shape index (κ2) is 2.73. The Labute approximate surface area is 67.4 Å². The molecule has 0 aromatic rings. The first-order chi connectivity index (χ1) is 4.97. The monoisotopic (exact) mass is 159 g/mol. The SMILES string of the molecule is CC(C)(CO)CC1(O)CNC1. The summed E-state index contributed by atoms with van der Waals surface area (Å²) >= 11 is 0. The van der Waals surface area contributed by atoms with E-state index >= 15 is 0 Å². The molecule has 1 aliphatic rings. The Bertz CT molecular complexity index is 132. The minimum absolute atomic E-state index is 0.134. The topological polar surface area (TPSA) is 52.5 Å². The van der Waals surface area contributed by atoms with Crippen molar-refractivity contribution >= 4 is 0 Å². The number of β-amino-alcohol motifs (C(OH)–C–C–N with tert-alkyl or cyclic N) is 1. The van der Waals surface area contributed by atoms with E-state index in [1.165, 1.54) is 0 Å². The van der Waals surface area contributed by atoms with Gasteiger partial charge < -0.3 is 15.5 Å². The van der Waals surface area contributed by atoms with Gasteiger partial charge in [-0.05, 0) is 11.8 Å². The molecule has 0 atom stereocenters. The first kappa shape index (κ1) is 8.97. The molecule has 0 aliphatic carbocycles. The quantitative estimate of drug-likeness (QED) is 0.531. The highest BCUT2D eigenvalue weighted by molar-refractivity contribution is 4.96. The summed E-state index contributed by atoms with van der Waals surface area (Å²) in [5.41, 5.74) is -0.719. The zero-order valence-electron chi connectivity index (χ0n) is 7.22. The van der Waals surface area contributed by atoms with Gasteiger partial charge in [-0.15, -0.1) is 0 Å².